The van der Waals surface area contributed by atoms with E-state index in [4.69, 9.17) is 10.5 Å². The van der Waals surface area contributed by atoms with Gasteiger partial charge in [-0.3, -0.25) is 0 Å². The van der Waals surface area contributed by atoms with Crippen LogP contribution in [0.3, 0.4) is 0 Å². The Hall–Kier alpha value is -3.05. The summed E-state index contributed by atoms with van der Waals surface area (Å²) in [6.07, 6.45) is 1.78. The lowest BCUT2D eigenvalue weighted by molar-refractivity contribution is 0.122. The Kier molecular flexibility index (Phi) is 4.46. The highest BCUT2D eigenvalue weighted by molar-refractivity contribution is 5.80. The van der Waals surface area contributed by atoms with Crippen molar-refractivity contribution in [1.82, 2.24) is 4.98 Å². The maximum absolute atomic E-state index is 9.73. The number of hydrogen-bond donors (Lipinski definition) is 2. The SMILES string of the molecule is Nc1ncc(-c2ccc(N3CCOCC3)cc2)cc1-c1cccc(O)c1. The molecular formula is C21H21N3O2. The molecule has 0 spiro atoms. The van der Waals surface area contributed by atoms with Gasteiger partial charge >= 0.3 is 0 Å². The molecule has 0 atom stereocenters. The third kappa shape index (κ3) is 3.34. The minimum Gasteiger partial charge on any atom is -0.508 e. The summed E-state index contributed by atoms with van der Waals surface area (Å²) in [6.45, 7) is 3.39. The second-order valence-corrected chi connectivity index (χ2v) is 6.35. The lowest BCUT2D eigenvalue weighted by Crippen LogP contribution is -2.36. The molecule has 2 heterocycles. The third-order valence-corrected chi connectivity index (χ3v) is 4.65. The second kappa shape index (κ2) is 7.06. The minimum atomic E-state index is 0.210. The fraction of sp³-hybridized carbons (Fsp3) is 0.190. The molecule has 0 bridgehead atoms. The highest BCUT2D eigenvalue weighted by Gasteiger charge is 2.12. The van der Waals surface area contributed by atoms with E-state index in [9.17, 15) is 5.11 Å². The smallest absolute Gasteiger partial charge is 0.131 e. The van der Waals surface area contributed by atoms with E-state index in [0.29, 0.717) is 5.82 Å². The normalized spacial score (nSPS) is 14.4. The van der Waals surface area contributed by atoms with Gasteiger partial charge in [-0.2, -0.15) is 0 Å². The van der Waals surface area contributed by atoms with Crippen LogP contribution in [0.4, 0.5) is 11.5 Å². The van der Waals surface area contributed by atoms with Gasteiger partial charge in [0.2, 0.25) is 0 Å². The second-order valence-electron chi connectivity index (χ2n) is 6.35. The molecule has 2 aromatic carbocycles. The Balaban J connectivity index is 1.64. The van der Waals surface area contributed by atoms with Crippen molar-refractivity contribution in [2.24, 2.45) is 0 Å². The molecule has 0 aliphatic carbocycles. The van der Waals surface area contributed by atoms with Crippen LogP contribution in [0.15, 0.2) is 60.8 Å². The number of pyridine rings is 1. The molecule has 1 saturated heterocycles. The van der Waals surface area contributed by atoms with E-state index in [1.807, 2.05) is 12.1 Å². The topological polar surface area (TPSA) is 71.6 Å². The van der Waals surface area contributed by atoms with Gasteiger partial charge in [0.05, 0.1) is 13.2 Å². The molecule has 0 saturated carbocycles. The minimum absolute atomic E-state index is 0.210. The summed E-state index contributed by atoms with van der Waals surface area (Å²) >= 11 is 0. The Morgan fingerprint density at radius 1 is 0.923 bits per heavy atom. The molecule has 1 aliphatic heterocycles. The Morgan fingerprint density at radius 3 is 2.42 bits per heavy atom. The third-order valence-electron chi connectivity index (χ3n) is 4.65. The van der Waals surface area contributed by atoms with Crippen molar-refractivity contribution in [3.63, 3.8) is 0 Å². The molecule has 4 rings (SSSR count). The summed E-state index contributed by atoms with van der Waals surface area (Å²) in [5.41, 5.74) is 11.0. The molecule has 26 heavy (non-hydrogen) atoms. The van der Waals surface area contributed by atoms with Crippen LogP contribution in [0.5, 0.6) is 5.75 Å². The fourth-order valence-corrected chi connectivity index (χ4v) is 3.22. The Morgan fingerprint density at radius 2 is 1.69 bits per heavy atom. The molecule has 5 heteroatoms. The number of phenols is 1. The van der Waals surface area contributed by atoms with E-state index in [1.54, 1.807) is 24.4 Å². The first kappa shape index (κ1) is 16.4. The maximum atomic E-state index is 9.73. The number of aromatic hydroxyl groups is 1. The number of nitrogens with zero attached hydrogens (tertiary/aromatic N) is 2. The van der Waals surface area contributed by atoms with Crippen LogP contribution < -0.4 is 10.6 Å². The molecular weight excluding hydrogens is 326 g/mol. The summed E-state index contributed by atoms with van der Waals surface area (Å²) in [6, 6.07) is 17.5. The number of anilines is 2. The van der Waals surface area contributed by atoms with Crippen LogP contribution in [-0.4, -0.2) is 36.4 Å². The zero-order chi connectivity index (χ0) is 17.9. The number of rotatable bonds is 3. The van der Waals surface area contributed by atoms with Gasteiger partial charge in [-0.1, -0.05) is 24.3 Å². The zero-order valence-electron chi connectivity index (χ0n) is 14.4. The summed E-state index contributed by atoms with van der Waals surface area (Å²) in [5, 5.41) is 9.73. The predicted octanol–water partition coefficient (Wildman–Crippen LogP) is 3.54. The highest BCUT2D eigenvalue weighted by atomic mass is 16.5. The lowest BCUT2D eigenvalue weighted by Gasteiger charge is -2.28. The number of nitrogens with two attached hydrogens (primary N) is 1. The fourth-order valence-electron chi connectivity index (χ4n) is 3.22. The van der Waals surface area contributed by atoms with Crippen molar-refractivity contribution in [2.45, 2.75) is 0 Å². The van der Waals surface area contributed by atoms with E-state index >= 15 is 0 Å². The molecule has 3 aromatic rings. The van der Waals surface area contributed by atoms with E-state index < -0.39 is 0 Å². The molecule has 1 aliphatic rings. The number of benzene rings is 2. The van der Waals surface area contributed by atoms with E-state index in [-0.39, 0.29) is 5.75 Å². The van der Waals surface area contributed by atoms with Crippen molar-refractivity contribution in [3.8, 4) is 28.0 Å². The predicted molar refractivity (Wildman–Crippen MR) is 104 cm³/mol. The van der Waals surface area contributed by atoms with Gasteiger partial charge in [0.25, 0.3) is 0 Å². The molecule has 1 aromatic heterocycles. The van der Waals surface area contributed by atoms with Crippen LogP contribution >= 0.6 is 0 Å². The van der Waals surface area contributed by atoms with Crippen molar-refractivity contribution < 1.29 is 9.84 Å². The molecule has 0 unspecified atom stereocenters. The van der Waals surface area contributed by atoms with Gasteiger partial charge in [0, 0.05) is 36.1 Å². The number of ether oxygens (including phenoxy) is 1. The standard InChI is InChI=1S/C21H21N3O2/c22-21-20(16-2-1-3-19(25)12-16)13-17(14-23-21)15-4-6-18(7-5-15)24-8-10-26-11-9-24/h1-7,12-14,25H,8-11H2,(H2,22,23). The maximum Gasteiger partial charge on any atom is 0.131 e. The van der Waals surface area contributed by atoms with Crippen molar-refractivity contribution >= 4 is 11.5 Å². The molecule has 3 N–H and O–H groups in total. The Bertz CT molecular complexity index is 903. The number of phenolic OH excluding ortho intramolecular Hbond substituents is 1. The van der Waals surface area contributed by atoms with E-state index in [0.717, 1.165) is 48.6 Å². The zero-order valence-corrected chi connectivity index (χ0v) is 14.4. The molecule has 5 nitrogen and oxygen atoms in total. The average molecular weight is 347 g/mol. The van der Waals surface area contributed by atoms with Crippen molar-refractivity contribution in [1.29, 1.82) is 0 Å². The molecule has 1 fully saturated rings. The summed E-state index contributed by atoms with van der Waals surface area (Å²) in [4.78, 5) is 6.67. The number of hydrogen-bond acceptors (Lipinski definition) is 5. The van der Waals surface area contributed by atoms with Crippen LogP contribution in [-0.2, 0) is 4.74 Å². The first-order valence-corrected chi connectivity index (χ1v) is 8.69. The number of morpholine rings is 1. The van der Waals surface area contributed by atoms with Gasteiger partial charge < -0.3 is 20.5 Å². The number of aromatic nitrogens is 1. The largest absolute Gasteiger partial charge is 0.508 e. The molecule has 0 amide bonds. The van der Waals surface area contributed by atoms with Gasteiger partial charge in [0.1, 0.15) is 11.6 Å². The Labute approximate surface area is 152 Å². The average Bonchev–Trinajstić information content (AvgIpc) is 2.69. The van der Waals surface area contributed by atoms with Crippen molar-refractivity contribution in [2.75, 3.05) is 36.9 Å². The van der Waals surface area contributed by atoms with E-state index in [2.05, 4.69) is 34.1 Å². The van der Waals surface area contributed by atoms with Gasteiger partial charge in [-0.05, 0) is 41.5 Å². The van der Waals surface area contributed by atoms with Gasteiger partial charge in [-0.25, -0.2) is 4.98 Å². The first-order valence-electron chi connectivity index (χ1n) is 8.69. The van der Waals surface area contributed by atoms with E-state index in [1.165, 1.54) is 5.69 Å². The van der Waals surface area contributed by atoms with Crippen molar-refractivity contribution in [3.05, 3.63) is 60.8 Å². The summed E-state index contributed by atoms with van der Waals surface area (Å²) < 4.78 is 5.41. The molecule has 0 radical (unpaired) electrons. The highest BCUT2D eigenvalue weighted by Crippen LogP contribution is 2.31. The van der Waals surface area contributed by atoms with Gasteiger partial charge in [0.15, 0.2) is 0 Å². The quantitative estimate of drug-likeness (QED) is 0.758. The molecule has 132 valence electrons. The van der Waals surface area contributed by atoms with Crippen LogP contribution in [0.1, 0.15) is 0 Å². The van der Waals surface area contributed by atoms with Crippen LogP contribution in [0, 0.1) is 0 Å². The van der Waals surface area contributed by atoms with Gasteiger partial charge in [-0.15, -0.1) is 0 Å². The monoisotopic (exact) mass is 347 g/mol. The lowest BCUT2D eigenvalue weighted by atomic mass is 10.0. The van der Waals surface area contributed by atoms with Crippen LogP contribution in [0.25, 0.3) is 22.3 Å². The number of nitrogen functional groups attached to an aromatic ring is 1. The summed E-state index contributed by atoms with van der Waals surface area (Å²) in [5.74, 6) is 0.659. The van der Waals surface area contributed by atoms with Crippen LogP contribution in [0.2, 0.25) is 0 Å². The summed E-state index contributed by atoms with van der Waals surface area (Å²) in [7, 11) is 0. The first-order chi connectivity index (χ1) is 12.7.